The highest BCUT2D eigenvalue weighted by molar-refractivity contribution is 4.79. The van der Waals surface area contributed by atoms with Gasteiger partial charge in [-0.15, -0.1) is 0 Å². The first kappa shape index (κ1) is 7.94. The summed E-state index contributed by atoms with van der Waals surface area (Å²) in [5.74, 6) is -0.315. The molecule has 4 nitrogen and oxygen atoms in total. The highest BCUT2D eigenvalue weighted by atomic mass is 16.5. The molecular formula is C6H12O4. The highest BCUT2D eigenvalue weighted by Gasteiger charge is 2.31. The fourth-order valence-electron chi connectivity index (χ4n) is 1.06. The molecule has 0 amide bonds. The van der Waals surface area contributed by atoms with Crippen molar-refractivity contribution in [2.24, 2.45) is 5.92 Å². The van der Waals surface area contributed by atoms with Crippen LogP contribution in [0.4, 0.5) is 0 Å². The Labute approximate surface area is 59.1 Å². The molecule has 10 heavy (non-hydrogen) atoms. The summed E-state index contributed by atoms with van der Waals surface area (Å²) in [6, 6.07) is 0. The van der Waals surface area contributed by atoms with E-state index in [2.05, 4.69) is 0 Å². The molecule has 0 aliphatic carbocycles. The molecule has 0 radical (unpaired) electrons. The number of aliphatic hydroxyl groups excluding tert-OH is 3. The van der Waals surface area contributed by atoms with Gasteiger partial charge < -0.3 is 20.1 Å². The zero-order chi connectivity index (χ0) is 7.56. The van der Waals surface area contributed by atoms with Crippen molar-refractivity contribution < 1.29 is 20.1 Å². The van der Waals surface area contributed by atoms with E-state index in [0.29, 0.717) is 6.61 Å². The maximum Gasteiger partial charge on any atom is 0.0849 e. The van der Waals surface area contributed by atoms with Gasteiger partial charge in [-0.25, -0.2) is 0 Å². The van der Waals surface area contributed by atoms with Crippen LogP contribution < -0.4 is 0 Å². The minimum Gasteiger partial charge on any atom is -0.394 e. The summed E-state index contributed by atoms with van der Waals surface area (Å²) in [5.41, 5.74) is 0. The van der Waals surface area contributed by atoms with E-state index in [9.17, 15) is 0 Å². The fraction of sp³-hybridized carbons (Fsp3) is 1.00. The van der Waals surface area contributed by atoms with E-state index in [1.54, 1.807) is 0 Å². The summed E-state index contributed by atoms with van der Waals surface area (Å²) >= 11 is 0. The average Bonchev–Trinajstić information content (AvgIpc) is 2.34. The second-order valence-electron chi connectivity index (χ2n) is 2.52. The van der Waals surface area contributed by atoms with Crippen LogP contribution in [0.15, 0.2) is 0 Å². The Kier molecular flexibility index (Phi) is 2.62. The fourth-order valence-corrected chi connectivity index (χ4v) is 1.06. The number of hydrogen-bond acceptors (Lipinski definition) is 4. The van der Waals surface area contributed by atoms with E-state index in [4.69, 9.17) is 20.1 Å². The SMILES string of the molecule is OCC(O)C1COCC1O. The van der Waals surface area contributed by atoms with Crippen molar-refractivity contribution in [2.75, 3.05) is 19.8 Å². The lowest BCUT2D eigenvalue weighted by atomic mass is 10.0. The van der Waals surface area contributed by atoms with E-state index in [1.807, 2.05) is 0 Å². The van der Waals surface area contributed by atoms with Crippen molar-refractivity contribution in [3.05, 3.63) is 0 Å². The van der Waals surface area contributed by atoms with E-state index in [-0.39, 0.29) is 19.1 Å². The van der Waals surface area contributed by atoms with Crippen molar-refractivity contribution in [3.63, 3.8) is 0 Å². The molecule has 0 spiro atoms. The van der Waals surface area contributed by atoms with Gasteiger partial charge in [-0.3, -0.25) is 0 Å². The lowest BCUT2D eigenvalue weighted by Gasteiger charge is -2.16. The van der Waals surface area contributed by atoms with Crippen LogP contribution in [0.2, 0.25) is 0 Å². The van der Waals surface area contributed by atoms with Crippen molar-refractivity contribution in [1.29, 1.82) is 0 Å². The van der Waals surface area contributed by atoms with Gasteiger partial charge in [0.05, 0.1) is 32.0 Å². The molecule has 0 aromatic heterocycles. The molecule has 3 N–H and O–H groups in total. The van der Waals surface area contributed by atoms with Gasteiger partial charge in [0.15, 0.2) is 0 Å². The number of ether oxygens (including phenoxy) is 1. The lowest BCUT2D eigenvalue weighted by Crippen LogP contribution is -2.32. The molecule has 0 saturated carbocycles. The van der Waals surface area contributed by atoms with Crippen molar-refractivity contribution in [1.82, 2.24) is 0 Å². The van der Waals surface area contributed by atoms with Crippen LogP contribution in [-0.2, 0) is 4.74 Å². The first-order valence-corrected chi connectivity index (χ1v) is 3.30. The summed E-state index contributed by atoms with van der Waals surface area (Å²) < 4.78 is 4.87. The Morgan fingerprint density at radius 1 is 1.50 bits per heavy atom. The van der Waals surface area contributed by atoms with Crippen molar-refractivity contribution >= 4 is 0 Å². The monoisotopic (exact) mass is 148 g/mol. The third kappa shape index (κ3) is 1.46. The third-order valence-corrected chi connectivity index (χ3v) is 1.77. The molecule has 1 rings (SSSR count). The topological polar surface area (TPSA) is 69.9 Å². The number of aliphatic hydroxyl groups is 3. The molecule has 3 atom stereocenters. The van der Waals surface area contributed by atoms with E-state index in [0.717, 1.165) is 0 Å². The summed E-state index contributed by atoms with van der Waals surface area (Å²) in [4.78, 5) is 0. The predicted molar refractivity (Wildman–Crippen MR) is 33.4 cm³/mol. The first-order valence-electron chi connectivity index (χ1n) is 3.30. The minimum atomic E-state index is -0.850. The lowest BCUT2D eigenvalue weighted by molar-refractivity contribution is 0.00619. The zero-order valence-electron chi connectivity index (χ0n) is 5.60. The van der Waals surface area contributed by atoms with Gasteiger partial charge in [0.25, 0.3) is 0 Å². The molecule has 0 bridgehead atoms. The van der Waals surface area contributed by atoms with Gasteiger partial charge >= 0.3 is 0 Å². The molecule has 1 aliphatic rings. The molecule has 4 heteroatoms. The molecule has 1 heterocycles. The largest absolute Gasteiger partial charge is 0.394 e. The number of rotatable bonds is 2. The van der Waals surface area contributed by atoms with Crippen molar-refractivity contribution in [2.45, 2.75) is 12.2 Å². The summed E-state index contributed by atoms with van der Waals surface area (Å²) in [6.07, 6.45) is -1.47. The first-order chi connectivity index (χ1) is 4.75. The molecule has 0 aromatic carbocycles. The van der Waals surface area contributed by atoms with Gasteiger partial charge in [0.1, 0.15) is 0 Å². The molecule has 0 aromatic rings. The molecule has 3 unspecified atom stereocenters. The van der Waals surface area contributed by atoms with Crippen molar-refractivity contribution in [3.8, 4) is 0 Å². The predicted octanol–water partition coefficient (Wildman–Crippen LogP) is -1.65. The Morgan fingerprint density at radius 2 is 2.20 bits per heavy atom. The summed E-state index contributed by atoms with van der Waals surface area (Å²) in [5, 5.41) is 26.6. The number of hydrogen-bond donors (Lipinski definition) is 3. The quantitative estimate of drug-likeness (QED) is 0.438. The van der Waals surface area contributed by atoms with Crippen LogP contribution in [0.25, 0.3) is 0 Å². The third-order valence-electron chi connectivity index (χ3n) is 1.77. The normalized spacial score (nSPS) is 36.3. The van der Waals surface area contributed by atoms with Crippen LogP contribution in [-0.4, -0.2) is 47.3 Å². The smallest absolute Gasteiger partial charge is 0.0849 e. The van der Waals surface area contributed by atoms with Crippen LogP contribution >= 0.6 is 0 Å². The van der Waals surface area contributed by atoms with E-state index < -0.39 is 12.2 Å². The summed E-state index contributed by atoms with van der Waals surface area (Å²) in [6.45, 7) is 0.287. The van der Waals surface area contributed by atoms with E-state index in [1.165, 1.54) is 0 Å². The standard InChI is InChI=1S/C6H12O4/c7-1-5(8)4-2-10-3-6(4)9/h4-9H,1-3H2. The van der Waals surface area contributed by atoms with Gasteiger partial charge in [-0.05, 0) is 0 Å². The molecule has 1 saturated heterocycles. The Hall–Kier alpha value is -0.160. The minimum absolute atomic E-state index is 0.266. The van der Waals surface area contributed by atoms with Gasteiger partial charge in [-0.2, -0.15) is 0 Å². The Morgan fingerprint density at radius 3 is 2.60 bits per heavy atom. The molecule has 60 valence electrons. The van der Waals surface area contributed by atoms with Crippen LogP contribution in [0.5, 0.6) is 0 Å². The second kappa shape index (κ2) is 3.30. The zero-order valence-corrected chi connectivity index (χ0v) is 5.60. The van der Waals surface area contributed by atoms with Crippen LogP contribution in [0.3, 0.4) is 0 Å². The van der Waals surface area contributed by atoms with Gasteiger partial charge in [-0.1, -0.05) is 0 Å². The van der Waals surface area contributed by atoms with Crippen LogP contribution in [0.1, 0.15) is 0 Å². The second-order valence-corrected chi connectivity index (χ2v) is 2.52. The van der Waals surface area contributed by atoms with Gasteiger partial charge in [0.2, 0.25) is 0 Å². The molecular weight excluding hydrogens is 136 g/mol. The maximum absolute atomic E-state index is 9.09. The Balaban J connectivity index is 2.38. The summed E-state index contributed by atoms with van der Waals surface area (Å²) in [7, 11) is 0. The average molecular weight is 148 g/mol. The molecule has 1 fully saturated rings. The molecule has 1 aliphatic heterocycles. The van der Waals surface area contributed by atoms with Crippen LogP contribution in [0, 0.1) is 5.92 Å². The maximum atomic E-state index is 9.09. The Bertz CT molecular complexity index is 106. The van der Waals surface area contributed by atoms with Gasteiger partial charge in [0, 0.05) is 5.92 Å². The van der Waals surface area contributed by atoms with E-state index >= 15 is 0 Å². The highest BCUT2D eigenvalue weighted by Crippen LogP contribution is 2.16.